The molecule has 1 fully saturated rings. The zero-order valence-corrected chi connectivity index (χ0v) is 12.4. The van der Waals surface area contributed by atoms with Crippen molar-refractivity contribution >= 4 is 11.6 Å². The van der Waals surface area contributed by atoms with Crippen LogP contribution in [-0.2, 0) is 0 Å². The highest BCUT2D eigenvalue weighted by molar-refractivity contribution is 6.30. The largest absolute Gasteiger partial charge is 0.396 e. The van der Waals surface area contributed by atoms with E-state index in [1.807, 2.05) is 18.2 Å². The number of halogens is 1. The zero-order valence-electron chi connectivity index (χ0n) is 11.7. The van der Waals surface area contributed by atoms with Crippen LogP contribution in [0.4, 0.5) is 0 Å². The summed E-state index contributed by atoms with van der Waals surface area (Å²) in [6.07, 6.45) is 6.07. The number of aliphatic hydroxyl groups is 1. The van der Waals surface area contributed by atoms with Crippen LogP contribution in [0.15, 0.2) is 24.3 Å². The molecule has 3 heteroatoms. The second-order valence-corrected chi connectivity index (χ2v) is 6.31. The van der Waals surface area contributed by atoms with E-state index in [1.165, 1.54) is 24.8 Å². The van der Waals surface area contributed by atoms with Crippen molar-refractivity contribution in [1.29, 1.82) is 0 Å². The Balaban J connectivity index is 1.93. The summed E-state index contributed by atoms with van der Waals surface area (Å²) in [7, 11) is 0. The maximum Gasteiger partial charge on any atom is 0.0499 e. The van der Waals surface area contributed by atoms with Gasteiger partial charge in [0.1, 0.15) is 0 Å². The normalized spacial score (nSPS) is 20.2. The lowest BCUT2D eigenvalue weighted by Gasteiger charge is -2.36. The van der Waals surface area contributed by atoms with Crippen molar-refractivity contribution in [3.8, 4) is 0 Å². The zero-order chi connectivity index (χ0) is 13.7. The third-order valence-corrected chi connectivity index (χ3v) is 4.62. The molecule has 1 aliphatic rings. The molecule has 1 aromatic rings. The topological polar surface area (TPSA) is 32.3 Å². The average molecular weight is 282 g/mol. The van der Waals surface area contributed by atoms with Crippen LogP contribution in [0.25, 0.3) is 0 Å². The van der Waals surface area contributed by atoms with Gasteiger partial charge in [-0.3, -0.25) is 0 Å². The van der Waals surface area contributed by atoms with Gasteiger partial charge in [-0.15, -0.1) is 0 Å². The highest BCUT2D eigenvalue weighted by Crippen LogP contribution is 2.35. The van der Waals surface area contributed by atoms with E-state index in [-0.39, 0.29) is 11.5 Å². The van der Waals surface area contributed by atoms with Crippen LogP contribution in [0.3, 0.4) is 0 Å². The Bertz CT molecular complexity index is 401. The molecule has 2 N–H and O–H groups in total. The molecule has 106 valence electrons. The lowest BCUT2D eigenvalue weighted by Crippen LogP contribution is -2.39. The molecule has 0 aliphatic heterocycles. The van der Waals surface area contributed by atoms with Gasteiger partial charge in [0.05, 0.1) is 0 Å². The van der Waals surface area contributed by atoms with Crippen LogP contribution in [0.5, 0.6) is 0 Å². The predicted molar refractivity (Wildman–Crippen MR) is 80.5 cm³/mol. The first kappa shape index (κ1) is 14.8. The summed E-state index contributed by atoms with van der Waals surface area (Å²) in [4.78, 5) is 0. The first-order valence-electron chi connectivity index (χ1n) is 7.25. The molecular formula is C16H24ClNO. The van der Waals surface area contributed by atoms with Crippen LogP contribution in [-0.4, -0.2) is 18.3 Å². The van der Waals surface area contributed by atoms with Crippen molar-refractivity contribution in [3.05, 3.63) is 34.9 Å². The number of hydrogen-bond donors (Lipinski definition) is 2. The Morgan fingerprint density at radius 2 is 2.05 bits per heavy atom. The van der Waals surface area contributed by atoms with Gasteiger partial charge < -0.3 is 10.4 Å². The Morgan fingerprint density at radius 3 is 2.68 bits per heavy atom. The van der Waals surface area contributed by atoms with E-state index >= 15 is 0 Å². The maximum atomic E-state index is 9.71. The molecule has 0 bridgehead atoms. The first-order chi connectivity index (χ1) is 9.15. The highest BCUT2D eigenvalue weighted by atomic mass is 35.5. The standard InChI is InChI=1S/C16H24ClNO/c1-13(14-6-5-7-15(17)10-14)18-11-16(12-19)8-3-2-4-9-16/h5-7,10,13,18-19H,2-4,8-9,11-12H2,1H3/t13-/m1/s1. The molecule has 0 aromatic heterocycles. The van der Waals surface area contributed by atoms with Gasteiger partial charge in [-0.25, -0.2) is 0 Å². The van der Waals surface area contributed by atoms with Crippen molar-refractivity contribution in [1.82, 2.24) is 5.32 Å². The molecule has 0 spiro atoms. The molecular weight excluding hydrogens is 258 g/mol. The molecule has 2 rings (SSSR count). The lowest BCUT2D eigenvalue weighted by molar-refractivity contribution is 0.0789. The average Bonchev–Trinajstić information content (AvgIpc) is 2.46. The third-order valence-electron chi connectivity index (χ3n) is 4.38. The third kappa shape index (κ3) is 3.95. The van der Waals surface area contributed by atoms with Gasteiger partial charge in [-0.2, -0.15) is 0 Å². The van der Waals surface area contributed by atoms with Crippen LogP contribution in [0.2, 0.25) is 5.02 Å². The predicted octanol–water partition coefficient (Wildman–Crippen LogP) is 3.93. The van der Waals surface area contributed by atoms with Gasteiger partial charge in [0.2, 0.25) is 0 Å². The summed E-state index contributed by atoms with van der Waals surface area (Å²) >= 11 is 6.02. The van der Waals surface area contributed by atoms with Crippen molar-refractivity contribution in [2.45, 2.75) is 45.1 Å². The molecule has 1 aromatic carbocycles. The summed E-state index contributed by atoms with van der Waals surface area (Å²) in [5, 5.41) is 14.1. The summed E-state index contributed by atoms with van der Waals surface area (Å²) in [6, 6.07) is 8.25. The van der Waals surface area contributed by atoms with E-state index in [0.29, 0.717) is 6.61 Å². The first-order valence-corrected chi connectivity index (χ1v) is 7.63. The number of hydrogen-bond acceptors (Lipinski definition) is 2. The Labute approximate surface area is 121 Å². The van der Waals surface area contributed by atoms with Crippen LogP contribution >= 0.6 is 11.6 Å². The second kappa shape index (κ2) is 6.74. The molecule has 0 radical (unpaired) electrons. The molecule has 1 aliphatic carbocycles. The minimum atomic E-state index is 0.0884. The van der Waals surface area contributed by atoms with E-state index in [4.69, 9.17) is 11.6 Å². The summed E-state index contributed by atoms with van der Waals surface area (Å²) in [5.41, 5.74) is 1.29. The Morgan fingerprint density at radius 1 is 1.32 bits per heavy atom. The molecule has 0 unspecified atom stereocenters. The van der Waals surface area contributed by atoms with E-state index in [9.17, 15) is 5.11 Å². The number of benzene rings is 1. The van der Waals surface area contributed by atoms with Gasteiger partial charge in [0, 0.05) is 29.6 Å². The van der Waals surface area contributed by atoms with Crippen molar-refractivity contribution in [3.63, 3.8) is 0 Å². The van der Waals surface area contributed by atoms with E-state index in [0.717, 1.165) is 24.4 Å². The summed E-state index contributed by atoms with van der Waals surface area (Å²) < 4.78 is 0. The van der Waals surface area contributed by atoms with Gasteiger partial charge in [-0.1, -0.05) is 43.0 Å². The number of nitrogens with one attached hydrogen (secondary N) is 1. The second-order valence-electron chi connectivity index (χ2n) is 5.88. The highest BCUT2D eigenvalue weighted by Gasteiger charge is 2.31. The van der Waals surface area contributed by atoms with E-state index in [2.05, 4.69) is 18.3 Å². The minimum Gasteiger partial charge on any atom is -0.396 e. The fourth-order valence-electron chi connectivity index (χ4n) is 2.96. The summed E-state index contributed by atoms with van der Waals surface area (Å²) in [5.74, 6) is 0. The molecule has 1 saturated carbocycles. The Hall–Kier alpha value is -0.570. The molecule has 0 saturated heterocycles. The fraction of sp³-hybridized carbons (Fsp3) is 0.625. The number of aliphatic hydroxyl groups excluding tert-OH is 1. The van der Waals surface area contributed by atoms with Crippen molar-refractivity contribution < 1.29 is 5.11 Å². The van der Waals surface area contributed by atoms with E-state index in [1.54, 1.807) is 0 Å². The maximum absolute atomic E-state index is 9.71. The fourth-order valence-corrected chi connectivity index (χ4v) is 3.15. The monoisotopic (exact) mass is 281 g/mol. The summed E-state index contributed by atoms with van der Waals surface area (Å²) in [6.45, 7) is 3.33. The van der Waals surface area contributed by atoms with E-state index < -0.39 is 0 Å². The SMILES string of the molecule is C[C@@H](NCC1(CO)CCCCC1)c1cccc(Cl)c1. The van der Waals surface area contributed by atoms with Gasteiger partial charge in [0.15, 0.2) is 0 Å². The van der Waals surface area contributed by atoms with Crippen molar-refractivity contribution in [2.24, 2.45) is 5.41 Å². The molecule has 1 atom stereocenters. The van der Waals surface area contributed by atoms with Crippen LogP contribution in [0.1, 0.15) is 50.6 Å². The molecule has 2 nitrogen and oxygen atoms in total. The Kier molecular flexibility index (Phi) is 5.26. The van der Waals surface area contributed by atoms with Gasteiger partial charge >= 0.3 is 0 Å². The van der Waals surface area contributed by atoms with Gasteiger partial charge in [-0.05, 0) is 37.5 Å². The van der Waals surface area contributed by atoms with Gasteiger partial charge in [0.25, 0.3) is 0 Å². The molecule has 0 amide bonds. The molecule has 0 heterocycles. The van der Waals surface area contributed by atoms with Crippen LogP contribution in [0, 0.1) is 5.41 Å². The quantitative estimate of drug-likeness (QED) is 0.857. The smallest absolute Gasteiger partial charge is 0.0499 e. The van der Waals surface area contributed by atoms with Crippen LogP contribution < -0.4 is 5.32 Å². The number of rotatable bonds is 5. The van der Waals surface area contributed by atoms with Crippen molar-refractivity contribution in [2.75, 3.05) is 13.2 Å². The minimum absolute atomic E-state index is 0.0884. The molecule has 19 heavy (non-hydrogen) atoms. The lowest BCUT2D eigenvalue weighted by atomic mass is 9.74.